The molecule has 0 bridgehead atoms. The molecule has 36 heavy (non-hydrogen) atoms. The fourth-order valence-corrected chi connectivity index (χ4v) is 5.87. The number of para-hydroxylation sites is 1. The molecular weight excluding hydrogens is 494 g/mol. The lowest BCUT2D eigenvalue weighted by atomic mass is 9.72. The molecule has 0 amide bonds. The Bertz CT molecular complexity index is 1310. The lowest BCUT2D eigenvalue weighted by Gasteiger charge is -2.36. The average Bonchev–Trinajstić information content (AvgIpc) is 3.42. The summed E-state index contributed by atoms with van der Waals surface area (Å²) in [5, 5.41) is 6.02. The Kier molecular flexibility index (Phi) is 7.25. The maximum Gasteiger partial charge on any atom is 0.336 e. The number of carbonyl (C=O) groups is 2. The number of nitrogens with one attached hydrogen (secondary N) is 1. The summed E-state index contributed by atoms with van der Waals surface area (Å²) in [4.78, 5) is 28.1. The molecule has 0 fully saturated rings. The largest absolute Gasteiger partial charge is 0.490 e. The first kappa shape index (κ1) is 24.3. The topological polar surface area (TPSA) is 64.6 Å². The van der Waals surface area contributed by atoms with Crippen LogP contribution in [0.15, 0.2) is 94.7 Å². The number of Topliss-reactive ketones (excluding diaryl/α,β-unsaturated/α-hetero) is 1. The molecule has 2 aromatic carbocycles. The van der Waals surface area contributed by atoms with Gasteiger partial charge in [0.2, 0.25) is 0 Å². The van der Waals surface area contributed by atoms with Gasteiger partial charge in [0.1, 0.15) is 19.0 Å². The van der Waals surface area contributed by atoms with Crippen molar-refractivity contribution in [2.24, 2.45) is 0 Å². The van der Waals surface area contributed by atoms with Gasteiger partial charge in [0.15, 0.2) is 5.78 Å². The minimum atomic E-state index is -0.516. The van der Waals surface area contributed by atoms with E-state index in [0.29, 0.717) is 34.0 Å². The van der Waals surface area contributed by atoms with Crippen molar-refractivity contribution in [2.45, 2.75) is 31.6 Å². The SMILES string of the molecule is CC1=C(C(=O)OCCOc2ccccc2)[C@H](c2ccc(Cl)cc2)C2=C(C[C@@H](c3cccs3)CC2=O)N1. The highest BCUT2D eigenvalue weighted by Crippen LogP contribution is 2.46. The zero-order valence-electron chi connectivity index (χ0n) is 19.8. The number of ketones is 1. The van der Waals surface area contributed by atoms with Crippen molar-refractivity contribution in [2.75, 3.05) is 13.2 Å². The molecule has 5 rings (SSSR count). The molecule has 0 saturated heterocycles. The molecule has 7 heteroatoms. The van der Waals surface area contributed by atoms with Crippen LogP contribution in [0.4, 0.5) is 0 Å². The predicted molar refractivity (Wildman–Crippen MR) is 141 cm³/mol. The third-order valence-corrected chi connectivity index (χ3v) is 7.81. The molecule has 2 atom stereocenters. The molecule has 0 radical (unpaired) electrons. The minimum absolute atomic E-state index is 0.0484. The Balaban J connectivity index is 1.40. The van der Waals surface area contributed by atoms with E-state index in [1.165, 1.54) is 4.88 Å². The number of benzene rings is 2. The van der Waals surface area contributed by atoms with E-state index in [1.807, 2.05) is 60.8 Å². The summed E-state index contributed by atoms with van der Waals surface area (Å²) in [5.74, 6) is -0.0854. The van der Waals surface area contributed by atoms with Crippen LogP contribution in [0.25, 0.3) is 0 Å². The molecular formula is C29H26ClNO4S. The highest BCUT2D eigenvalue weighted by molar-refractivity contribution is 7.10. The van der Waals surface area contributed by atoms with Gasteiger partial charge in [0.05, 0.1) is 5.57 Å². The zero-order valence-corrected chi connectivity index (χ0v) is 21.4. The summed E-state index contributed by atoms with van der Waals surface area (Å²) in [7, 11) is 0. The molecule has 2 heterocycles. The van der Waals surface area contributed by atoms with Crippen LogP contribution >= 0.6 is 22.9 Å². The van der Waals surface area contributed by atoms with E-state index in [-0.39, 0.29) is 24.9 Å². The average molecular weight is 520 g/mol. The molecule has 1 aromatic heterocycles. The summed E-state index contributed by atoms with van der Waals surface area (Å²) in [5.41, 5.74) is 3.50. The highest BCUT2D eigenvalue weighted by Gasteiger charge is 2.41. The second-order valence-electron chi connectivity index (χ2n) is 8.88. The maximum atomic E-state index is 13.6. The first-order chi connectivity index (χ1) is 17.5. The number of esters is 1. The molecule has 3 aromatic rings. The fraction of sp³-hybridized carbons (Fsp3) is 0.241. The Morgan fingerprint density at radius 3 is 2.53 bits per heavy atom. The number of halogens is 1. The Labute approximate surface area is 219 Å². The van der Waals surface area contributed by atoms with Crippen molar-refractivity contribution < 1.29 is 19.1 Å². The Morgan fingerprint density at radius 1 is 1.03 bits per heavy atom. The quantitative estimate of drug-likeness (QED) is 0.289. The first-order valence-electron chi connectivity index (χ1n) is 11.9. The summed E-state index contributed by atoms with van der Waals surface area (Å²) in [6.07, 6.45) is 1.13. The van der Waals surface area contributed by atoms with Gasteiger partial charge in [-0.05, 0) is 54.6 Å². The molecule has 1 aliphatic carbocycles. The molecule has 5 nitrogen and oxygen atoms in total. The van der Waals surface area contributed by atoms with E-state index in [0.717, 1.165) is 17.7 Å². The Hall–Kier alpha value is -3.35. The number of ether oxygens (including phenoxy) is 2. The third-order valence-electron chi connectivity index (χ3n) is 6.52. The van der Waals surface area contributed by atoms with Crippen LogP contribution in [0.1, 0.15) is 42.0 Å². The van der Waals surface area contributed by atoms with Crippen LogP contribution in [0.3, 0.4) is 0 Å². The summed E-state index contributed by atoms with van der Waals surface area (Å²) >= 11 is 7.82. The van der Waals surface area contributed by atoms with E-state index in [9.17, 15) is 9.59 Å². The van der Waals surface area contributed by atoms with Crippen molar-refractivity contribution in [1.82, 2.24) is 5.32 Å². The van der Waals surface area contributed by atoms with Gasteiger partial charge in [-0.25, -0.2) is 4.79 Å². The van der Waals surface area contributed by atoms with E-state index in [4.69, 9.17) is 21.1 Å². The number of hydrogen-bond donors (Lipinski definition) is 1. The van der Waals surface area contributed by atoms with Crippen LogP contribution in [0.2, 0.25) is 5.02 Å². The van der Waals surface area contributed by atoms with Crippen LogP contribution in [0, 0.1) is 0 Å². The lowest BCUT2D eigenvalue weighted by molar-refractivity contribution is -0.140. The van der Waals surface area contributed by atoms with Gasteiger partial charge < -0.3 is 14.8 Å². The van der Waals surface area contributed by atoms with Gasteiger partial charge in [-0.15, -0.1) is 11.3 Å². The van der Waals surface area contributed by atoms with E-state index < -0.39 is 11.9 Å². The monoisotopic (exact) mass is 519 g/mol. The zero-order chi connectivity index (χ0) is 25.1. The van der Waals surface area contributed by atoms with Gasteiger partial charge in [0.25, 0.3) is 0 Å². The third kappa shape index (κ3) is 5.11. The molecule has 0 spiro atoms. The van der Waals surface area contributed by atoms with Gasteiger partial charge in [-0.2, -0.15) is 0 Å². The normalized spacial score (nSPS) is 19.6. The second-order valence-corrected chi connectivity index (χ2v) is 10.3. The number of dihydropyridines is 1. The first-order valence-corrected chi connectivity index (χ1v) is 13.1. The van der Waals surface area contributed by atoms with E-state index in [1.54, 1.807) is 23.5 Å². The predicted octanol–water partition coefficient (Wildman–Crippen LogP) is 6.39. The standard InChI is InChI=1S/C29H26ClNO4S/c1-18-26(29(33)35-14-13-34-22-6-3-2-4-7-22)27(19-9-11-21(30)12-10-19)28-23(31-18)16-20(17-24(28)32)25-8-5-15-36-25/h2-12,15,20,27,31H,13-14,16-17H2,1H3/t20-,27+/m1/s1. The minimum Gasteiger partial charge on any atom is -0.490 e. The van der Waals surface area contributed by atoms with Crippen LogP contribution < -0.4 is 10.1 Å². The Morgan fingerprint density at radius 2 is 1.81 bits per heavy atom. The van der Waals surface area contributed by atoms with Crippen molar-refractivity contribution >= 4 is 34.7 Å². The number of carbonyl (C=O) groups excluding carboxylic acids is 2. The fourth-order valence-electron chi connectivity index (χ4n) is 4.91. The summed E-state index contributed by atoms with van der Waals surface area (Å²) in [6, 6.07) is 20.8. The highest BCUT2D eigenvalue weighted by atomic mass is 35.5. The van der Waals surface area contributed by atoms with E-state index >= 15 is 0 Å². The number of rotatable bonds is 7. The van der Waals surface area contributed by atoms with Crippen molar-refractivity contribution in [3.63, 3.8) is 0 Å². The second kappa shape index (κ2) is 10.7. The van der Waals surface area contributed by atoms with Crippen LogP contribution in [0.5, 0.6) is 5.75 Å². The molecule has 1 aliphatic heterocycles. The lowest BCUT2D eigenvalue weighted by Crippen LogP contribution is -2.36. The van der Waals surface area contributed by atoms with Crippen molar-refractivity contribution in [3.05, 3.63) is 110 Å². The van der Waals surface area contributed by atoms with Gasteiger partial charge in [0, 0.05) is 45.1 Å². The molecule has 0 saturated carbocycles. The molecule has 0 unspecified atom stereocenters. The van der Waals surface area contributed by atoms with Crippen molar-refractivity contribution in [3.8, 4) is 5.75 Å². The molecule has 184 valence electrons. The summed E-state index contributed by atoms with van der Waals surface area (Å²) < 4.78 is 11.3. The number of allylic oxidation sites excluding steroid dienone is 3. The smallest absolute Gasteiger partial charge is 0.336 e. The molecule has 2 aliphatic rings. The van der Waals surface area contributed by atoms with E-state index in [2.05, 4.69) is 11.4 Å². The summed E-state index contributed by atoms with van der Waals surface area (Å²) in [6.45, 7) is 2.19. The number of hydrogen-bond acceptors (Lipinski definition) is 6. The van der Waals surface area contributed by atoms with Crippen molar-refractivity contribution in [1.29, 1.82) is 0 Å². The van der Waals surface area contributed by atoms with Gasteiger partial charge in [-0.1, -0.05) is 48.0 Å². The van der Waals surface area contributed by atoms with Gasteiger partial charge in [-0.3, -0.25) is 4.79 Å². The number of thiophene rings is 1. The maximum absolute atomic E-state index is 13.6. The van der Waals surface area contributed by atoms with Gasteiger partial charge >= 0.3 is 5.97 Å². The van der Waals surface area contributed by atoms with Crippen LogP contribution in [-0.2, 0) is 14.3 Å². The van der Waals surface area contributed by atoms with Crippen LogP contribution in [-0.4, -0.2) is 25.0 Å². The molecule has 1 N–H and O–H groups in total.